The van der Waals surface area contributed by atoms with Gasteiger partial charge in [0, 0.05) is 61.8 Å². The molecule has 1 saturated heterocycles. The second-order valence-electron chi connectivity index (χ2n) is 9.52. The first-order chi connectivity index (χ1) is 18.8. The van der Waals surface area contributed by atoms with Crippen LogP contribution in [-0.4, -0.2) is 68.6 Å². The lowest BCUT2D eigenvalue weighted by molar-refractivity contribution is -0.124. The van der Waals surface area contributed by atoms with E-state index in [-0.39, 0.29) is 18.4 Å². The number of likely N-dealkylation sites (N-methyl/N-ethyl adjacent to an activating group) is 1. The van der Waals surface area contributed by atoms with Gasteiger partial charge in [0.1, 0.15) is 11.5 Å². The van der Waals surface area contributed by atoms with E-state index in [2.05, 4.69) is 21.8 Å². The van der Waals surface area contributed by atoms with Crippen LogP contribution in [0.5, 0.6) is 0 Å². The van der Waals surface area contributed by atoms with Gasteiger partial charge >= 0.3 is 0 Å². The maximum atomic E-state index is 13.7. The monoisotopic (exact) mass is 543 g/mol. The summed E-state index contributed by atoms with van der Waals surface area (Å²) in [6.07, 6.45) is 1.57. The van der Waals surface area contributed by atoms with Crippen molar-refractivity contribution in [3.05, 3.63) is 101 Å². The van der Waals surface area contributed by atoms with E-state index in [9.17, 15) is 9.59 Å². The Hall–Kier alpha value is -4.14. The molecule has 0 bridgehead atoms. The summed E-state index contributed by atoms with van der Waals surface area (Å²) in [5, 5.41) is 3.53. The number of nitrogens with zero attached hydrogens (tertiary/aromatic N) is 4. The molecule has 8 nitrogen and oxygen atoms in total. The highest BCUT2D eigenvalue weighted by atomic mass is 35.5. The number of carbonyl (C=O) groups is 2. The van der Waals surface area contributed by atoms with Crippen LogP contribution in [0.3, 0.4) is 0 Å². The Kier molecular flexibility index (Phi) is 7.67. The maximum absolute atomic E-state index is 13.7. The van der Waals surface area contributed by atoms with Gasteiger partial charge in [-0.1, -0.05) is 42.4 Å². The third kappa shape index (κ3) is 5.39. The normalized spacial score (nSPS) is 15.2. The van der Waals surface area contributed by atoms with Crippen LogP contribution in [0.15, 0.2) is 84.7 Å². The Morgan fingerprint density at radius 1 is 1.08 bits per heavy atom. The number of fused-ring (bicyclic) bond motifs is 1. The van der Waals surface area contributed by atoms with Crippen molar-refractivity contribution in [2.75, 3.05) is 56.7 Å². The number of aromatic nitrogens is 1. The summed E-state index contributed by atoms with van der Waals surface area (Å²) in [6.45, 7) is 7.27. The van der Waals surface area contributed by atoms with Gasteiger partial charge in [-0.3, -0.25) is 9.59 Å². The molecule has 1 N–H and O–H groups in total. The van der Waals surface area contributed by atoms with Crippen molar-refractivity contribution < 1.29 is 14.3 Å². The molecule has 9 heteroatoms. The van der Waals surface area contributed by atoms with Crippen LogP contribution in [0, 0.1) is 0 Å². The average molecular weight is 544 g/mol. The number of rotatable bonds is 6. The summed E-state index contributed by atoms with van der Waals surface area (Å²) in [5.74, 6) is 0.304. The molecule has 2 amide bonds. The number of amides is 2. The molecule has 1 aromatic heterocycles. The van der Waals surface area contributed by atoms with E-state index >= 15 is 0 Å². The summed E-state index contributed by atoms with van der Waals surface area (Å²) in [6, 6.07) is 18.7. The number of carbonyl (C=O) groups excluding carboxylic acids is 2. The second-order valence-corrected chi connectivity index (χ2v) is 9.96. The number of pyridine rings is 1. The predicted octanol–water partition coefficient (Wildman–Crippen LogP) is 4.51. The third-order valence-electron chi connectivity index (χ3n) is 6.79. The lowest BCUT2D eigenvalue weighted by Gasteiger charge is -2.37. The molecular formula is C30H30ClN5O3. The maximum Gasteiger partial charge on any atom is 0.270 e. The van der Waals surface area contributed by atoms with E-state index in [0.29, 0.717) is 40.6 Å². The fourth-order valence-electron chi connectivity index (χ4n) is 4.75. The van der Waals surface area contributed by atoms with Crippen molar-refractivity contribution in [3.8, 4) is 0 Å². The lowest BCUT2D eigenvalue weighted by Crippen LogP contribution is -2.38. The molecule has 2 aliphatic rings. The van der Waals surface area contributed by atoms with Crippen molar-refractivity contribution >= 4 is 46.2 Å². The first-order valence-electron chi connectivity index (χ1n) is 12.7. The van der Waals surface area contributed by atoms with Gasteiger partial charge in [-0.25, -0.2) is 4.98 Å². The zero-order chi connectivity index (χ0) is 27.5. The van der Waals surface area contributed by atoms with Crippen LogP contribution in [-0.2, 0) is 9.53 Å². The van der Waals surface area contributed by atoms with Crippen LogP contribution in [0.4, 0.5) is 17.2 Å². The molecule has 2 aliphatic heterocycles. The van der Waals surface area contributed by atoms with E-state index in [1.165, 1.54) is 4.90 Å². The van der Waals surface area contributed by atoms with Crippen molar-refractivity contribution in [2.45, 2.75) is 0 Å². The summed E-state index contributed by atoms with van der Waals surface area (Å²) in [7, 11) is 3.40. The topological polar surface area (TPSA) is 78.0 Å². The van der Waals surface area contributed by atoms with E-state index in [1.807, 2.05) is 53.4 Å². The highest BCUT2D eigenvalue weighted by Gasteiger charge is 2.34. The summed E-state index contributed by atoms with van der Waals surface area (Å²) >= 11 is 6.39. The molecular weight excluding hydrogens is 514 g/mol. The summed E-state index contributed by atoms with van der Waals surface area (Å²) in [5.41, 5.74) is 4.50. The molecule has 0 unspecified atom stereocenters. The van der Waals surface area contributed by atoms with E-state index in [0.717, 1.165) is 35.8 Å². The first kappa shape index (κ1) is 26.5. The molecule has 0 radical (unpaired) electrons. The molecule has 0 saturated carbocycles. The first-order valence-corrected chi connectivity index (χ1v) is 13.1. The van der Waals surface area contributed by atoms with E-state index in [4.69, 9.17) is 16.3 Å². The molecule has 200 valence electrons. The molecule has 0 atom stereocenters. The van der Waals surface area contributed by atoms with Gasteiger partial charge in [-0.05, 0) is 42.0 Å². The standard InChI is InChI=1S/C30H30ClN5O3/c1-20-24-11-10-22(31)17-26(24)36(23-7-5-4-6-8-23)28(30(38)34(2)3)25(20)19-33-29(37)21-9-12-27(32-18-21)35-13-15-39-16-14-35/h4-12,17-18H,1,13-16,19H2,2-3H3,(H,33,37). The number of para-hydroxylation sites is 1. The molecule has 0 aliphatic carbocycles. The Bertz CT molecular complexity index is 1430. The van der Waals surface area contributed by atoms with E-state index < -0.39 is 0 Å². The Morgan fingerprint density at radius 2 is 1.82 bits per heavy atom. The fourth-order valence-corrected chi connectivity index (χ4v) is 4.92. The zero-order valence-electron chi connectivity index (χ0n) is 22.0. The predicted molar refractivity (Wildman–Crippen MR) is 154 cm³/mol. The van der Waals surface area contributed by atoms with Crippen LogP contribution in [0.2, 0.25) is 5.02 Å². The number of hydrogen-bond donors (Lipinski definition) is 1. The summed E-state index contributed by atoms with van der Waals surface area (Å²) in [4.78, 5) is 36.8. The van der Waals surface area contributed by atoms with Gasteiger partial charge in [-0.2, -0.15) is 0 Å². The van der Waals surface area contributed by atoms with Crippen LogP contribution >= 0.6 is 11.6 Å². The van der Waals surface area contributed by atoms with Crippen LogP contribution in [0.25, 0.3) is 5.57 Å². The smallest absolute Gasteiger partial charge is 0.270 e. The molecule has 3 aromatic rings. The van der Waals surface area contributed by atoms with Crippen LogP contribution < -0.4 is 15.1 Å². The molecule has 0 spiro atoms. The zero-order valence-corrected chi connectivity index (χ0v) is 22.7. The van der Waals surface area contributed by atoms with Gasteiger partial charge in [0.25, 0.3) is 11.8 Å². The highest BCUT2D eigenvalue weighted by molar-refractivity contribution is 6.31. The molecule has 5 rings (SSSR count). The Morgan fingerprint density at radius 3 is 2.49 bits per heavy atom. The largest absolute Gasteiger partial charge is 0.378 e. The quantitative estimate of drug-likeness (QED) is 0.493. The minimum atomic E-state index is -0.291. The number of hydrogen-bond acceptors (Lipinski definition) is 6. The Labute approximate surface area is 233 Å². The number of morpholine rings is 1. The van der Waals surface area contributed by atoms with E-state index in [1.54, 1.807) is 32.4 Å². The van der Waals surface area contributed by atoms with Crippen molar-refractivity contribution in [1.82, 2.24) is 15.2 Å². The fraction of sp³-hybridized carbons (Fsp3) is 0.233. The van der Waals surface area contributed by atoms with Gasteiger partial charge in [0.15, 0.2) is 0 Å². The van der Waals surface area contributed by atoms with Gasteiger partial charge < -0.3 is 24.8 Å². The number of ether oxygens (including phenoxy) is 1. The molecule has 3 heterocycles. The number of nitrogens with one attached hydrogen (secondary N) is 1. The van der Waals surface area contributed by atoms with Crippen LogP contribution in [0.1, 0.15) is 15.9 Å². The van der Waals surface area contributed by atoms with Gasteiger partial charge in [0.2, 0.25) is 0 Å². The van der Waals surface area contributed by atoms with Gasteiger partial charge in [-0.15, -0.1) is 0 Å². The van der Waals surface area contributed by atoms with Gasteiger partial charge in [0.05, 0.1) is 24.5 Å². The average Bonchev–Trinajstić information content (AvgIpc) is 2.96. The number of benzene rings is 2. The number of halogens is 1. The molecule has 1 fully saturated rings. The molecule has 39 heavy (non-hydrogen) atoms. The number of anilines is 3. The highest BCUT2D eigenvalue weighted by Crippen LogP contribution is 2.45. The third-order valence-corrected chi connectivity index (χ3v) is 7.03. The second kappa shape index (κ2) is 11.3. The van der Waals surface area contributed by atoms with Crippen molar-refractivity contribution in [1.29, 1.82) is 0 Å². The molecule has 2 aromatic carbocycles. The van der Waals surface area contributed by atoms with Crippen molar-refractivity contribution in [2.24, 2.45) is 0 Å². The summed E-state index contributed by atoms with van der Waals surface area (Å²) < 4.78 is 5.40. The Balaban J connectivity index is 1.48. The minimum Gasteiger partial charge on any atom is -0.378 e. The van der Waals surface area contributed by atoms with Crippen molar-refractivity contribution in [3.63, 3.8) is 0 Å². The SMILES string of the molecule is C=C1C(CNC(=O)c2ccc(N3CCOCC3)nc2)=C(C(=O)N(C)C)N(c2ccccc2)c2cc(Cl)ccc21. The lowest BCUT2D eigenvalue weighted by atomic mass is 9.90. The minimum absolute atomic E-state index is 0.100.